The molecule has 0 unspecified atom stereocenters. The van der Waals surface area contributed by atoms with E-state index in [1.807, 2.05) is 80.7 Å². The van der Waals surface area contributed by atoms with E-state index in [0.29, 0.717) is 22.8 Å². The number of carbonyl (C=O) groups is 6. The van der Waals surface area contributed by atoms with Crippen molar-refractivity contribution in [1.82, 2.24) is 46.1 Å². The molecule has 7 aromatic rings. The second-order valence-corrected chi connectivity index (χ2v) is 20.1. The lowest BCUT2D eigenvalue weighted by Crippen LogP contribution is -2.57. The molecule has 1 saturated heterocycles. The first kappa shape index (κ1) is 52.0. The average molecular weight is 1020 g/mol. The summed E-state index contributed by atoms with van der Waals surface area (Å²) < 4.78 is 0. The molecule has 18 nitrogen and oxygen atoms in total. The van der Waals surface area contributed by atoms with Crippen molar-refractivity contribution < 1.29 is 33.9 Å². The maximum atomic E-state index is 14.1. The summed E-state index contributed by atoms with van der Waals surface area (Å²) in [5, 5.41) is 28.9. The van der Waals surface area contributed by atoms with Crippen LogP contribution in [0.5, 0.6) is 0 Å². The number of anilines is 3. The highest BCUT2D eigenvalue weighted by Gasteiger charge is 2.44. The minimum Gasteiger partial charge on any atom is -0.391 e. The minimum atomic E-state index is -1.01. The molecule has 3 aromatic heterocycles. The molecule has 19 heteroatoms. The highest BCUT2D eigenvalue weighted by molar-refractivity contribution is 7.13. The number of hydrogen-bond acceptors (Lipinski definition) is 12. The number of nitrogens with one attached hydrogen (secondary N) is 7. The molecule has 0 aliphatic carbocycles. The van der Waals surface area contributed by atoms with E-state index in [1.165, 1.54) is 35.5 Å². The SMILES string of the molecule is Cc1ncsc1-c1ccc([C@H](C)NC(=O)[C@@H]2C[C@@H](O)CN2C(=O)[C@@H](NC(=O)CCCNC(=O)CNC(=O)c2ccc(C(=O)Nc3cccc(Nc4cc(-c5c[nH]c6ccccc56)ncn4)c3)cc2)C(C)(C)C)cc1. The monoisotopic (exact) mass is 1020 g/mol. The van der Waals surface area contributed by atoms with Crippen LogP contribution in [0.25, 0.3) is 32.6 Å². The summed E-state index contributed by atoms with van der Waals surface area (Å²) in [5.41, 5.74) is 8.38. The Morgan fingerprint density at radius 2 is 1.55 bits per heavy atom. The number of nitrogens with zero attached hydrogens (tertiary/aromatic N) is 4. The van der Waals surface area contributed by atoms with E-state index in [9.17, 15) is 33.9 Å². The molecule has 8 rings (SSSR count). The topological polar surface area (TPSA) is 253 Å². The number of para-hydroxylation sites is 1. The van der Waals surface area contributed by atoms with Crippen LogP contribution >= 0.6 is 11.3 Å². The van der Waals surface area contributed by atoms with Crippen molar-refractivity contribution in [3.05, 3.63) is 144 Å². The van der Waals surface area contributed by atoms with Gasteiger partial charge in [0, 0.05) is 77.2 Å². The lowest BCUT2D eigenvalue weighted by Gasteiger charge is -2.35. The Balaban J connectivity index is 0.753. The number of carbonyl (C=O) groups excluding carboxylic acids is 6. The quantitative estimate of drug-likeness (QED) is 0.0405. The number of aromatic nitrogens is 4. The first-order chi connectivity index (χ1) is 35.5. The van der Waals surface area contributed by atoms with E-state index in [-0.39, 0.29) is 50.5 Å². The van der Waals surface area contributed by atoms with Gasteiger partial charge in [-0.2, -0.15) is 0 Å². The molecule has 1 aliphatic heterocycles. The summed E-state index contributed by atoms with van der Waals surface area (Å²) in [5.74, 6) is -2.12. The number of aliphatic hydroxyl groups is 1. The zero-order valence-corrected chi connectivity index (χ0v) is 42.5. The third kappa shape index (κ3) is 12.8. The Bertz CT molecular complexity index is 3170. The van der Waals surface area contributed by atoms with Crippen LogP contribution in [0.3, 0.4) is 0 Å². The molecule has 4 aromatic carbocycles. The fraction of sp³-hybridized carbons (Fsp3) is 0.291. The second-order valence-electron chi connectivity index (χ2n) is 19.3. The van der Waals surface area contributed by atoms with Crippen LogP contribution in [0, 0.1) is 12.3 Å². The molecule has 0 bridgehead atoms. The predicted octanol–water partition coefficient (Wildman–Crippen LogP) is 7.05. The van der Waals surface area contributed by atoms with E-state index in [1.54, 1.807) is 55.8 Å². The lowest BCUT2D eigenvalue weighted by atomic mass is 9.85. The molecule has 382 valence electrons. The maximum absolute atomic E-state index is 14.1. The van der Waals surface area contributed by atoms with E-state index in [0.717, 1.165) is 43.9 Å². The van der Waals surface area contributed by atoms with Crippen molar-refractivity contribution in [3.63, 3.8) is 0 Å². The standard InChI is InChI=1S/C55H59N11O7S/c1-32(34-15-17-35(18-16-34)49-33(2)61-31-74-49)62-53(72)45-25-40(67)29-66(45)54(73)50(55(3,4)5)65-47(68)14-9-23-56-48(69)28-58-51(70)36-19-21-37(22-20-36)52(71)64-39-11-8-10-38(24-39)63-46-26-44(59-30-60-46)42-27-57-43-13-7-6-12-41(42)43/h6-8,10-13,15-22,24,26-27,30-32,40,45,50,57,67H,9,14,23,25,28-29H2,1-5H3,(H,56,69)(H,58,70)(H,62,72)(H,64,71)(H,65,68)(H,59,60,63)/t32-,40+,45-,50+/m0/s1. The molecular weight excluding hydrogens is 959 g/mol. The van der Waals surface area contributed by atoms with Crippen LogP contribution in [0.2, 0.25) is 0 Å². The van der Waals surface area contributed by atoms with Crippen molar-refractivity contribution in [2.75, 3.05) is 30.3 Å². The molecule has 8 N–H and O–H groups in total. The number of aryl methyl sites for hydroxylation is 1. The Morgan fingerprint density at radius 3 is 2.28 bits per heavy atom. The van der Waals surface area contributed by atoms with Crippen LogP contribution in [-0.4, -0.2) is 103 Å². The van der Waals surface area contributed by atoms with Gasteiger partial charge in [0.05, 0.1) is 40.5 Å². The van der Waals surface area contributed by atoms with Crippen molar-refractivity contribution >= 4 is 74.9 Å². The number of benzene rings is 4. The molecule has 0 saturated carbocycles. The van der Waals surface area contributed by atoms with Crippen LogP contribution in [-0.2, 0) is 19.2 Å². The van der Waals surface area contributed by atoms with Crippen LogP contribution in [0.15, 0.2) is 121 Å². The van der Waals surface area contributed by atoms with Gasteiger partial charge in [0.15, 0.2) is 0 Å². The highest BCUT2D eigenvalue weighted by atomic mass is 32.1. The van der Waals surface area contributed by atoms with Crippen LogP contribution in [0.1, 0.15) is 85.0 Å². The minimum absolute atomic E-state index is 0.0168. The third-order valence-electron chi connectivity index (χ3n) is 12.7. The Hall–Kier alpha value is -8.29. The first-order valence-corrected chi connectivity index (χ1v) is 25.2. The van der Waals surface area contributed by atoms with Gasteiger partial charge in [-0.15, -0.1) is 11.3 Å². The zero-order valence-electron chi connectivity index (χ0n) is 41.7. The fourth-order valence-corrected chi connectivity index (χ4v) is 9.52. The van der Waals surface area contributed by atoms with Gasteiger partial charge in [0.25, 0.3) is 11.8 Å². The predicted molar refractivity (Wildman–Crippen MR) is 284 cm³/mol. The summed E-state index contributed by atoms with van der Waals surface area (Å²) in [6.45, 7) is 8.97. The summed E-state index contributed by atoms with van der Waals surface area (Å²) in [6, 6.07) is 28.5. The highest BCUT2D eigenvalue weighted by Crippen LogP contribution is 2.31. The van der Waals surface area contributed by atoms with Crippen molar-refractivity contribution in [1.29, 1.82) is 0 Å². The van der Waals surface area contributed by atoms with Gasteiger partial charge < -0.3 is 46.9 Å². The van der Waals surface area contributed by atoms with E-state index in [2.05, 4.69) is 51.8 Å². The van der Waals surface area contributed by atoms with Crippen molar-refractivity contribution in [2.24, 2.45) is 5.41 Å². The number of amides is 6. The van der Waals surface area contributed by atoms with Crippen molar-refractivity contribution in [3.8, 4) is 21.7 Å². The smallest absolute Gasteiger partial charge is 0.255 e. The van der Waals surface area contributed by atoms with Crippen molar-refractivity contribution in [2.45, 2.75) is 78.1 Å². The number of hydrogen-bond donors (Lipinski definition) is 8. The Labute approximate surface area is 432 Å². The summed E-state index contributed by atoms with van der Waals surface area (Å²) in [6.07, 6.45) is 2.77. The van der Waals surface area contributed by atoms with E-state index >= 15 is 0 Å². The van der Waals surface area contributed by atoms with Gasteiger partial charge in [0.1, 0.15) is 24.2 Å². The van der Waals surface area contributed by atoms with Gasteiger partial charge >= 0.3 is 0 Å². The normalized spacial score (nSPS) is 15.2. The van der Waals surface area contributed by atoms with E-state index in [4.69, 9.17) is 0 Å². The molecule has 4 atom stereocenters. The van der Waals surface area contributed by atoms with Crippen LogP contribution in [0.4, 0.5) is 17.2 Å². The van der Waals surface area contributed by atoms with Crippen LogP contribution < -0.4 is 31.9 Å². The van der Waals surface area contributed by atoms with Gasteiger partial charge in [-0.25, -0.2) is 15.0 Å². The number of likely N-dealkylation sites (tertiary alicyclic amines) is 1. The summed E-state index contributed by atoms with van der Waals surface area (Å²) >= 11 is 1.56. The van der Waals surface area contributed by atoms with Gasteiger partial charge in [-0.1, -0.05) is 69.3 Å². The molecular formula is C55H59N11O7S. The molecule has 0 radical (unpaired) electrons. The van der Waals surface area contributed by atoms with E-state index < -0.39 is 59.0 Å². The number of rotatable bonds is 18. The first-order valence-electron chi connectivity index (χ1n) is 24.3. The number of aliphatic hydroxyl groups excluding tert-OH is 1. The third-order valence-corrected chi connectivity index (χ3v) is 13.7. The molecule has 6 amide bonds. The van der Waals surface area contributed by atoms with Gasteiger partial charge in [-0.3, -0.25) is 28.8 Å². The Morgan fingerprint density at radius 1 is 0.824 bits per heavy atom. The second kappa shape index (κ2) is 23.1. The molecule has 1 fully saturated rings. The summed E-state index contributed by atoms with van der Waals surface area (Å²) in [7, 11) is 0. The maximum Gasteiger partial charge on any atom is 0.255 e. The fourth-order valence-electron chi connectivity index (χ4n) is 8.71. The molecule has 4 heterocycles. The number of aromatic amines is 1. The largest absolute Gasteiger partial charge is 0.391 e. The molecule has 74 heavy (non-hydrogen) atoms. The summed E-state index contributed by atoms with van der Waals surface area (Å²) in [4.78, 5) is 98.6. The Kier molecular flexibility index (Phi) is 16.2. The number of H-pyrrole nitrogens is 1. The number of β-amino-alcohol motifs (C(OH)–C–C–N with tert-alkyl or cyclic N) is 1. The molecule has 1 aliphatic rings. The zero-order chi connectivity index (χ0) is 52.5. The number of fused-ring (bicyclic) bond motifs is 1. The average Bonchev–Trinajstić information content (AvgIpc) is 4.14. The number of thiazole rings is 1. The van der Waals surface area contributed by atoms with Gasteiger partial charge in [0.2, 0.25) is 23.6 Å². The lowest BCUT2D eigenvalue weighted by molar-refractivity contribution is -0.144. The van der Waals surface area contributed by atoms with Gasteiger partial charge in [-0.05, 0) is 85.3 Å². The molecule has 0 spiro atoms.